The minimum absolute atomic E-state index is 0.839. The van der Waals surface area contributed by atoms with Gasteiger partial charge in [0.25, 0.3) is 0 Å². The molecule has 100 valence electrons. The first-order chi connectivity index (χ1) is 8.31. The first kappa shape index (κ1) is 13.3. The van der Waals surface area contributed by atoms with Crippen LogP contribution in [0.1, 0.15) is 44.9 Å². The first-order valence-electron chi connectivity index (χ1n) is 7.45. The van der Waals surface area contributed by atoms with Crippen LogP contribution < -0.4 is 5.73 Å². The number of likely N-dealkylation sites (N-methyl/N-ethyl adjacent to an activating group) is 1. The lowest BCUT2D eigenvalue weighted by atomic mass is 10.1. The van der Waals surface area contributed by atoms with E-state index in [1.54, 1.807) is 0 Å². The maximum atomic E-state index is 5.51. The molecule has 2 unspecified atom stereocenters. The Morgan fingerprint density at radius 3 is 2.59 bits per heavy atom. The highest BCUT2D eigenvalue weighted by Crippen LogP contribution is 2.28. The van der Waals surface area contributed by atoms with Gasteiger partial charge in [0.15, 0.2) is 0 Å². The fourth-order valence-electron chi connectivity index (χ4n) is 3.42. The highest BCUT2D eigenvalue weighted by atomic mass is 15.3. The topological polar surface area (TPSA) is 32.5 Å². The third-order valence-electron chi connectivity index (χ3n) is 4.66. The van der Waals surface area contributed by atoms with Crippen molar-refractivity contribution in [2.45, 2.75) is 57.0 Å². The first-order valence-corrected chi connectivity index (χ1v) is 7.45. The van der Waals surface area contributed by atoms with Gasteiger partial charge in [-0.2, -0.15) is 0 Å². The fourth-order valence-corrected chi connectivity index (χ4v) is 3.42. The van der Waals surface area contributed by atoms with E-state index in [2.05, 4.69) is 16.8 Å². The number of nitrogens with zero attached hydrogens (tertiary/aromatic N) is 2. The monoisotopic (exact) mass is 239 g/mol. The average Bonchev–Trinajstić information content (AvgIpc) is 2.56. The normalized spacial score (nSPS) is 30.7. The summed E-state index contributed by atoms with van der Waals surface area (Å²) in [5.74, 6) is 0. The van der Waals surface area contributed by atoms with E-state index in [1.807, 2.05) is 0 Å². The quantitative estimate of drug-likeness (QED) is 0.716. The summed E-state index contributed by atoms with van der Waals surface area (Å²) in [5, 5.41) is 0. The van der Waals surface area contributed by atoms with Gasteiger partial charge in [-0.15, -0.1) is 0 Å². The molecule has 0 aliphatic carbocycles. The van der Waals surface area contributed by atoms with Gasteiger partial charge < -0.3 is 10.6 Å². The Kier molecular flexibility index (Phi) is 5.26. The molecule has 0 aromatic rings. The molecule has 2 saturated heterocycles. The van der Waals surface area contributed by atoms with E-state index in [1.165, 1.54) is 64.6 Å². The molecule has 3 nitrogen and oxygen atoms in total. The fraction of sp³-hybridized carbons (Fsp3) is 1.00. The van der Waals surface area contributed by atoms with Crippen LogP contribution in [0.5, 0.6) is 0 Å². The van der Waals surface area contributed by atoms with Gasteiger partial charge in [-0.1, -0.05) is 12.8 Å². The van der Waals surface area contributed by atoms with Crippen molar-refractivity contribution in [3.63, 3.8) is 0 Å². The molecule has 2 bridgehead atoms. The smallest absolute Gasteiger partial charge is 0.0223 e. The van der Waals surface area contributed by atoms with E-state index in [4.69, 9.17) is 5.73 Å². The van der Waals surface area contributed by atoms with Crippen molar-refractivity contribution >= 4 is 0 Å². The Morgan fingerprint density at radius 2 is 1.76 bits per heavy atom. The second kappa shape index (κ2) is 6.72. The van der Waals surface area contributed by atoms with Crippen molar-refractivity contribution in [3.05, 3.63) is 0 Å². The highest BCUT2D eigenvalue weighted by Gasteiger charge is 2.34. The number of likely N-dealkylation sites (tertiary alicyclic amines) is 1. The van der Waals surface area contributed by atoms with Crippen LogP contribution in [0.15, 0.2) is 0 Å². The molecule has 17 heavy (non-hydrogen) atoms. The van der Waals surface area contributed by atoms with Crippen LogP contribution in [-0.4, -0.2) is 55.1 Å². The minimum Gasteiger partial charge on any atom is -0.330 e. The summed E-state index contributed by atoms with van der Waals surface area (Å²) in [6.07, 6.45) is 9.48. The Hall–Kier alpha value is -0.120. The summed E-state index contributed by atoms with van der Waals surface area (Å²) in [7, 11) is 2.33. The van der Waals surface area contributed by atoms with E-state index in [9.17, 15) is 0 Å². The van der Waals surface area contributed by atoms with E-state index < -0.39 is 0 Å². The lowest BCUT2D eigenvalue weighted by Crippen LogP contribution is -2.37. The second-order valence-corrected chi connectivity index (χ2v) is 5.84. The largest absolute Gasteiger partial charge is 0.330 e. The number of hydrogen-bond acceptors (Lipinski definition) is 3. The summed E-state index contributed by atoms with van der Waals surface area (Å²) < 4.78 is 0. The lowest BCUT2D eigenvalue weighted by molar-refractivity contribution is 0.216. The Balaban J connectivity index is 1.65. The molecule has 0 amide bonds. The number of unbranched alkanes of at least 4 members (excludes halogenated alkanes) is 3. The maximum Gasteiger partial charge on any atom is 0.0223 e. The molecule has 2 heterocycles. The number of nitrogens with two attached hydrogens (primary N) is 1. The summed E-state index contributed by atoms with van der Waals surface area (Å²) >= 11 is 0. The molecular weight excluding hydrogens is 210 g/mol. The van der Waals surface area contributed by atoms with Crippen molar-refractivity contribution in [1.29, 1.82) is 0 Å². The molecule has 0 spiro atoms. The van der Waals surface area contributed by atoms with E-state index >= 15 is 0 Å². The molecule has 2 fully saturated rings. The van der Waals surface area contributed by atoms with Gasteiger partial charge in [0.1, 0.15) is 0 Å². The summed E-state index contributed by atoms with van der Waals surface area (Å²) in [6, 6.07) is 1.72. The molecule has 3 heteroatoms. The van der Waals surface area contributed by atoms with Crippen molar-refractivity contribution in [2.75, 3.05) is 33.2 Å². The second-order valence-electron chi connectivity index (χ2n) is 5.84. The molecule has 2 N–H and O–H groups in total. The zero-order valence-corrected chi connectivity index (χ0v) is 11.4. The Labute approximate surface area is 106 Å². The van der Waals surface area contributed by atoms with E-state index in [0.29, 0.717) is 0 Å². The van der Waals surface area contributed by atoms with Crippen molar-refractivity contribution < 1.29 is 0 Å². The molecule has 2 aliphatic heterocycles. The van der Waals surface area contributed by atoms with Gasteiger partial charge in [0.05, 0.1) is 0 Å². The van der Waals surface area contributed by atoms with Crippen LogP contribution in [0.3, 0.4) is 0 Å². The number of hydrogen-bond donors (Lipinski definition) is 1. The van der Waals surface area contributed by atoms with Crippen molar-refractivity contribution in [2.24, 2.45) is 5.73 Å². The molecule has 0 radical (unpaired) electrons. The van der Waals surface area contributed by atoms with Gasteiger partial charge in [-0.25, -0.2) is 0 Å². The predicted molar refractivity (Wildman–Crippen MR) is 73.2 cm³/mol. The van der Waals surface area contributed by atoms with Crippen molar-refractivity contribution in [1.82, 2.24) is 9.80 Å². The van der Waals surface area contributed by atoms with E-state index in [0.717, 1.165) is 18.6 Å². The van der Waals surface area contributed by atoms with Gasteiger partial charge in [-0.05, 0) is 58.8 Å². The summed E-state index contributed by atoms with van der Waals surface area (Å²) in [6.45, 7) is 4.80. The molecule has 2 rings (SSSR count). The lowest BCUT2D eigenvalue weighted by Gasteiger charge is -2.25. The molecule has 0 aromatic heterocycles. The summed E-state index contributed by atoms with van der Waals surface area (Å²) in [4.78, 5) is 5.33. The van der Waals surface area contributed by atoms with Gasteiger partial charge >= 0.3 is 0 Å². The maximum absolute atomic E-state index is 5.51. The van der Waals surface area contributed by atoms with Crippen LogP contribution in [0.4, 0.5) is 0 Å². The number of rotatable bonds is 6. The van der Waals surface area contributed by atoms with E-state index in [-0.39, 0.29) is 0 Å². The third-order valence-corrected chi connectivity index (χ3v) is 4.66. The van der Waals surface area contributed by atoms with Crippen LogP contribution in [0.25, 0.3) is 0 Å². The minimum atomic E-state index is 0.839. The van der Waals surface area contributed by atoms with Gasteiger partial charge in [0, 0.05) is 18.6 Å². The molecule has 2 atom stereocenters. The summed E-state index contributed by atoms with van der Waals surface area (Å²) in [5.41, 5.74) is 5.51. The van der Waals surface area contributed by atoms with Crippen LogP contribution >= 0.6 is 0 Å². The predicted octanol–water partition coefficient (Wildman–Crippen LogP) is 1.67. The molecule has 0 saturated carbocycles. The van der Waals surface area contributed by atoms with Crippen LogP contribution in [-0.2, 0) is 0 Å². The standard InChI is InChI=1S/C14H29N3/c1-16-13-6-7-14(16)12-17(11-8-13)10-5-3-2-4-9-15/h13-14H,2-12,15H2,1H3. The SMILES string of the molecule is CN1C2CCC1CN(CCCCCCN)CC2. The zero-order chi connectivity index (χ0) is 12.1. The molecule has 0 aromatic carbocycles. The van der Waals surface area contributed by atoms with Crippen molar-refractivity contribution in [3.8, 4) is 0 Å². The number of fused-ring (bicyclic) bond motifs is 2. The zero-order valence-electron chi connectivity index (χ0n) is 11.4. The molecular formula is C14H29N3. The average molecular weight is 239 g/mol. The molecule has 2 aliphatic rings. The van der Waals surface area contributed by atoms with Crippen LogP contribution in [0.2, 0.25) is 0 Å². The van der Waals surface area contributed by atoms with Crippen LogP contribution in [0, 0.1) is 0 Å². The Morgan fingerprint density at radius 1 is 1.00 bits per heavy atom. The Bertz CT molecular complexity index is 220. The van der Waals surface area contributed by atoms with Gasteiger partial charge in [-0.3, -0.25) is 4.90 Å². The highest BCUT2D eigenvalue weighted by molar-refractivity contribution is 4.90. The third kappa shape index (κ3) is 3.67. The van der Waals surface area contributed by atoms with Gasteiger partial charge in [0.2, 0.25) is 0 Å².